The van der Waals surface area contributed by atoms with Gasteiger partial charge in [-0.05, 0) is 24.4 Å². The Hall–Kier alpha value is -1.23. The fourth-order valence-electron chi connectivity index (χ4n) is 1.04. The molecule has 2 aromatic rings. The van der Waals surface area contributed by atoms with Crippen LogP contribution in [0.3, 0.4) is 0 Å². The van der Waals surface area contributed by atoms with Crippen molar-refractivity contribution in [2.75, 3.05) is 0 Å². The van der Waals surface area contributed by atoms with Crippen LogP contribution in [0.15, 0.2) is 12.1 Å². The molecule has 2 N–H and O–H groups in total. The number of fused-ring (bicyclic) bond motifs is 1. The summed E-state index contributed by atoms with van der Waals surface area (Å²) in [5.41, 5.74) is 0.555. The number of aromatic nitrogens is 2. The maximum absolute atomic E-state index is 12.9. The second-order valence-electron chi connectivity index (χ2n) is 2.36. The molecule has 0 fully saturated rings. The zero-order valence-corrected chi connectivity index (χ0v) is 6.64. The lowest BCUT2D eigenvalue weighted by Gasteiger charge is -1.91. The van der Waals surface area contributed by atoms with Crippen molar-refractivity contribution in [2.45, 2.75) is 0 Å². The SMILES string of the molecule is Fc1ccc2[nH]c(=S)[nH]c2c1F. The summed E-state index contributed by atoms with van der Waals surface area (Å²) < 4.78 is 25.8. The standard InChI is InChI=1S/C7H4F2N2S/c8-3-1-2-4-6(5(3)9)11-7(12)10-4/h1-2H,(H2,10,11,12). The Morgan fingerprint density at radius 3 is 2.67 bits per heavy atom. The highest BCUT2D eigenvalue weighted by Crippen LogP contribution is 2.16. The van der Waals surface area contributed by atoms with E-state index < -0.39 is 11.6 Å². The Bertz CT molecular complexity index is 486. The quantitative estimate of drug-likeness (QED) is 0.608. The fraction of sp³-hybridized carbons (Fsp3) is 0. The normalized spacial score (nSPS) is 10.8. The number of rotatable bonds is 0. The predicted molar refractivity (Wildman–Crippen MR) is 43.4 cm³/mol. The molecule has 0 aliphatic carbocycles. The summed E-state index contributed by atoms with van der Waals surface area (Å²) >= 11 is 4.72. The highest BCUT2D eigenvalue weighted by atomic mass is 32.1. The number of nitrogens with one attached hydrogen (secondary N) is 2. The van der Waals surface area contributed by atoms with Crippen molar-refractivity contribution < 1.29 is 8.78 Å². The largest absolute Gasteiger partial charge is 0.331 e. The van der Waals surface area contributed by atoms with Crippen molar-refractivity contribution in [1.29, 1.82) is 0 Å². The van der Waals surface area contributed by atoms with Crippen LogP contribution in [0, 0.1) is 16.4 Å². The number of H-pyrrole nitrogens is 2. The maximum atomic E-state index is 12.9. The molecule has 12 heavy (non-hydrogen) atoms. The zero-order valence-electron chi connectivity index (χ0n) is 5.82. The van der Waals surface area contributed by atoms with Crippen LogP contribution in [0.2, 0.25) is 0 Å². The van der Waals surface area contributed by atoms with Crippen molar-refractivity contribution in [1.82, 2.24) is 9.97 Å². The van der Waals surface area contributed by atoms with Crippen molar-refractivity contribution in [3.63, 3.8) is 0 Å². The van der Waals surface area contributed by atoms with Crippen LogP contribution in [-0.2, 0) is 0 Å². The summed E-state index contributed by atoms with van der Waals surface area (Å²) in [6.07, 6.45) is 0. The van der Waals surface area contributed by atoms with Gasteiger partial charge in [0.25, 0.3) is 0 Å². The second kappa shape index (κ2) is 2.38. The third-order valence-corrected chi connectivity index (χ3v) is 1.79. The lowest BCUT2D eigenvalue weighted by atomic mass is 10.3. The van der Waals surface area contributed by atoms with Gasteiger partial charge in [-0.15, -0.1) is 0 Å². The van der Waals surface area contributed by atoms with Crippen molar-refractivity contribution in [3.8, 4) is 0 Å². The molecule has 0 aliphatic heterocycles. The molecule has 0 spiro atoms. The van der Waals surface area contributed by atoms with E-state index in [1.807, 2.05) is 0 Å². The molecule has 2 nitrogen and oxygen atoms in total. The molecule has 5 heteroatoms. The molecule has 2 rings (SSSR count). The molecule has 62 valence electrons. The fourth-order valence-corrected chi connectivity index (χ4v) is 1.26. The first-order valence-corrected chi connectivity index (χ1v) is 3.65. The minimum absolute atomic E-state index is 0.0833. The van der Waals surface area contributed by atoms with Crippen LogP contribution < -0.4 is 0 Å². The van der Waals surface area contributed by atoms with Gasteiger partial charge in [0.2, 0.25) is 0 Å². The van der Waals surface area contributed by atoms with Crippen LogP contribution in [0.4, 0.5) is 8.78 Å². The van der Waals surface area contributed by atoms with E-state index in [4.69, 9.17) is 12.2 Å². The summed E-state index contributed by atoms with van der Waals surface area (Å²) in [5, 5.41) is 0. The molecular formula is C7H4F2N2S. The van der Waals surface area contributed by atoms with Crippen LogP contribution in [0.5, 0.6) is 0 Å². The lowest BCUT2D eigenvalue weighted by molar-refractivity contribution is 0.515. The third kappa shape index (κ3) is 0.937. The van der Waals surface area contributed by atoms with E-state index in [0.717, 1.165) is 6.07 Å². The average molecular weight is 186 g/mol. The zero-order chi connectivity index (χ0) is 8.72. The van der Waals surface area contributed by atoms with Crippen LogP contribution >= 0.6 is 12.2 Å². The number of aromatic amines is 2. The molecule has 0 unspecified atom stereocenters. The molecule has 0 aliphatic rings. The number of imidazole rings is 1. The average Bonchev–Trinajstić information content (AvgIpc) is 2.39. The number of halogens is 2. The van der Waals surface area contributed by atoms with Gasteiger partial charge in [0, 0.05) is 0 Å². The van der Waals surface area contributed by atoms with E-state index in [-0.39, 0.29) is 10.3 Å². The molecule has 0 radical (unpaired) electrons. The number of benzene rings is 1. The first-order chi connectivity index (χ1) is 5.68. The maximum Gasteiger partial charge on any atom is 0.184 e. The van der Waals surface area contributed by atoms with E-state index in [2.05, 4.69) is 9.97 Å². The second-order valence-corrected chi connectivity index (χ2v) is 2.77. The van der Waals surface area contributed by atoms with Crippen molar-refractivity contribution >= 4 is 23.3 Å². The minimum atomic E-state index is -0.903. The van der Waals surface area contributed by atoms with Gasteiger partial charge in [0.1, 0.15) is 5.52 Å². The van der Waals surface area contributed by atoms with Gasteiger partial charge in [-0.25, -0.2) is 8.78 Å². The lowest BCUT2D eigenvalue weighted by Crippen LogP contribution is -1.84. The van der Waals surface area contributed by atoms with E-state index in [0.29, 0.717) is 5.52 Å². The smallest absolute Gasteiger partial charge is 0.184 e. The molecule has 0 saturated carbocycles. The Balaban J connectivity index is 2.99. The first-order valence-electron chi connectivity index (χ1n) is 3.24. The van der Waals surface area contributed by atoms with E-state index in [1.165, 1.54) is 6.07 Å². The van der Waals surface area contributed by atoms with E-state index in [1.54, 1.807) is 0 Å². The topological polar surface area (TPSA) is 31.6 Å². The molecule has 1 aromatic carbocycles. The van der Waals surface area contributed by atoms with Gasteiger partial charge in [0.15, 0.2) is 16.4 Å². The van der Waals surface area contributed by atoms with Gasteiger partial charge < -0.3 is 9.97 Å². The summed E-state index contributed by atoms with van der Waals surface area (Å²) in [4.78, 5) is 5.19. The predicted octanol–water partition coefficient (Wildman–Crippen LogP) is 2.50. The molecule has 0 bridgehead atoms. The van der Waals surface area contributed by atoms with Gasteiger partial charge in [-0.2, -0.15) is 0 Å². The van der Waals surface area contributed by atoms with Gasteiger partial charge in [-0.3, -0.25) is 0 Å². The van der Waals surface area contributed by atoms with Crippen LogP contribution in [0.1, 0.15) is 0 Å². The van der Waals surface area contributed by atoms with Gasteiger partial charge in [0.05, 0.1) is 5.52 Å². The summed E-state index contributed by atoms with van der Waals surface area (Å²) in [7, 11) is 0. The molecule has 0 amide bonds. The molecule has 1 aromatic heterocycles. The Morgan fingerprint density at radius 2 is 1.92 bits per heavy atom. The third-order valence-electron chi connectivity index (χ3n) is 1.58. The summed E-state index contributed by atoms with van der Waals surface area (Å²) in [6, 6.07) is 2.48. The number of hydrogen-bond donors (Lipinski definition) is 2. The molecule has 0 saturated heterocycles. The van der Waals surface area contributed by atoms with Crippen molar-refractivity contribution in [2.24, 2.45) is 0 Å². The Labute approximate surface area is 71.2 Å². The van der Waals surface area contributed by atoms with Crippen molar-refractivity contribution in [3.05, 3.63) is 28.5 Å². The van der Waals surface area contributed by atoms with Crippen LogP contribution in [0.25, 0.3) is 11.0 Å². The van der Waals surface area contributed by atoms with Crippen LogP contribution in [-0.4, -0.2) is 9.97 Å². The molecule has 0 atom stereocenters. The number of hydrogen-bond acceptors (Lipinski definition) is 1. The Kier molecular flexibility index (Phi) is 1.47. The highest BCUT2D eigenvalue weighted by Gasteiger charge is 2.07. The first kappa shape index (κ1) is 7.42. The monoisotopic (exact) mass is 186 g/mol. The summed E-state index contributed by atoms with van der Waals surface area (Å²) in [5.74, 6) is -1.78. The van der Waals surface area contributed by atoms with Gasteiger partial charge >= 0.3 is 0 Å². The van der Waals surface area contributed by atoms with E-state index in [9.17, 15) is 8.78 Å². The Morgan fingerprint density at radius 1 is 1.17 bits per heavy atom. The van der Waals surface area contributed by atoms with Gasteiger partial charge in [-0.1, -0.05) is 0 Å². The minimum Gasteiger partial charge on any atom is -0.331 e. The molecule has 1 heterocycles. The molecular weight excluding hydrogens is 182 g/mol. The highest BCUT2D eigenvalue weighted by molar-refractivity contribution is 7.71. The summed E-state index contributed by atoms with van der Waals surface area (Å²) in [6.45, 7) is 0. The van der Waals surface area contributed by atoms with E-state index >= 15 is 0 Å².